The second kappa shape index (κ2) is 8.15. The number of carboxylic acid groups (broad SMARTS) is 2. The van der Waals surface area contributed by atoms with Crippen molar-refractivity contribution in [3.05, 3.63) is 47.5 Å². The summed E-state index contributed by atoms with van der Waals surface area (Å²) in [5.41, 5.74) is -0.468. The van der Waals surface area contributed by atoms with E-state index in [9.17, 15) is 19.2 Å². The second-order valence-electron chi connectivity index (χ2n) is 4.67. The number of hydrogen-bond donors (Lipinski definition) is 2. The van der Waals surface area contributed by atoms with Crippen LogP contribution in [0, 0.1) is 0 Å². The van der Waals surface area contributed by atoms with E-state index in [0.717, 1.165) is 18.2 Å². The molecule has 132 valence electrons. The largest absolute Gasteiger partial charge is 0.478 e. The molecule has 0 bridgehead atoms. The second-order valence-corrected chi connectivity index (χ2v) is 4.67. The number of rotatable bonds is 8. The van der Waals surface area contributed by atoms with Crippen LogP contribution in [0.5, 0.6) is 11.5 Å². The van der Waals surface area contributed by atoms with E-state index < -0.39 is 11.9 Å². The maximum atomic E-state index is 11.1. The molecule has 0 saturated heterocycles. The Hall–Kier alpha value is -4.08. The van der Waals surface area contributed by atoms with Gasteiger partial charge in [0.05, 0.1) is 22.5 Å². The first-order chi connectivity index (χ1) is 12.4. The van der Waals surface area contributed by atoms with Crippen LogP contribution >= 0.6 is 0 Å². The van der Waals surface area contributed by atoms with E-state index in [0.29, 0.717) is 0 Å². The Bertz CT molecular complexity index is 847. The third-order valence-corrected chi connectivity index (χ3v) is 2.93. The molecule has 0 aromatic heterocycles. The van der Waals surface area contributed by atoms with Crippen LogP contribution in [0.15, 0.2) is 46.6 Å². The maximum Gasteiger partial charge on any atom is 0.335 e. The fourth-order valence-corrected chi connectivity index (χ4v) is 1.89. The Morgan fingerprint density at radius 2 is 1.15 bits per heavy atom. The van der Waals surface area contributed by atoms with E-state index in [1.54, 1.807) is 0 Å². The topological polar surface area (TPSA) is 152 Å². The third-order valence-electron chi connectivity index (χ3n) is 2.93. The molecule has 0 heterocycles. The molecule has 10 nitrogen and oxygen atoms in total. The molecule has 0 atom stereocenters. The Kier molecular flexibility index (Phi) is 5.72. The van der Waals surface area contributed by atoms with E-state index in [4.69, 9.17) is 10.2 Å². The molecule has 0 spiro atoms. The molecular formula is C16H10N2O8. The summed E-state index contributed by atoms with van der Waals surface area (Å²) in [6.07, 6.45) is 0. The number of nitrogens with zero attached hydrogens (tertiary/aromatic N) is 2. The molecule has 26 heavy (non-hydrogen) atoms. The summed E-state index contributed by atoms with van der Waals surface area (Å²) in [5.74, 6) is -2.60. The van der Waals surface area contributed by atoms with Crippen LogP contribution in [-0.2, 0) is 9.59 Å². The molecular weight excluding hydrogens is 348 g/mol. The summed E-state index contributed by atoms with van der Waals surface area (Å²) >= 11 is 0. The van der Waals surface area contributed by atoms with Crippen LogP contribution in [0.1, 0.15) is 20.7 Å². The minimum atomic E-state index is -1.33. The summed E-state index contributed by atoms with van der Waals surface area (Å²) in [6, 6.07) is 7.11. The van der Waals surface area contributed by atoms with Gasteiger partial charge in [-0.25, -0.2) is 9.59 Å². The van der Waals surface area contributed by atoms with E-state index in [1.807, 2.05) is 0 Å². The molecule has 2 N–H and O–H groups in total. The van der Waals surface area contributed by atoms with Crippen molar-refractivity contribution in [1.82, 2.24) is 0 Å². The number of azo groups is 1. The van der Waals surface area contributed by atoms with Gasteiger partial charge in [0.2, 0.25) is 0 Å². The van der Waals surface area contributed by atoms with Gasteiger partial charge < -0.3 is 19.7 Å². The molecule has 0 aliphatic rings. The van der Waals surface area contributed by atoms with Crippen LogP contribution in [0.3, 0.4) is 0 Å². The van der Waals surface area contributed by atoms with Crippen LogP contribution in [0.4, 0.5) is 11.4 Å². The van der Waals surface area contributed by atoms with Crippen molar-refractivity contribution in [2.24, 2.45) is 10.2 Å². The van der Waals surface area contributed by atoms with Gasteiger partial charge in [-0.1, -0.05) is 0 Å². The normalized spacial score (nSPS) is 10.3. The Morgan fingerprint density at radius 3 is 1.54 bits per heavy atom. The summed E-state index contributed by atoms with van der Waals surface area (Å²) < 4.78 is 9.31. The van der Waals surface area contributed by atoms with Crippen LogP contribution in [0.25, 0.3) is 0 Å². The first kappa shape index (κ1) is 18.3. The minimum absolute atomic E-state index is 0.0261. The zero-order valence-electron chi connectivity index (χ0n) is 12.9. The molecule has 0 unspecified atom stereocenters. The molecule has 2 rings (SSSR count). The predicted octanol–water partition coefficient (Wildman–Crippen LogP) is 2.57. The van der Waals surface area contributed by atoms with Crippen molar-refractivity contribution in [2.45, 2.75) is 0 Å². The Morgan fingerprint density at radius 1 is 0.731 bits per heavy atom. The van der Waals surface area contributed by atoms with Crippen molar-refractivity contribution in [2.75, 3.05) is 0 Å². The zero-order chi connectivity index (χ0) is 19.1. The fraction of sp³-hybridized carbons (Fsp3) is 0. The lowest BCUT2D eigenvalue weighted by molar-refractivity contribution is -0.121. The highest BCUT2D eigenvalue weighted by Gasteiger charge is 2.11. The molecule has 2 aromatic rings. The van der Waals surface area contributed by atoms with Gasteiger partial charge >= 0.3 is 11.9 Å². The molecule has 10 heteroatoms. The maximum absolute atomic E-state index is 11.1. The summed E-state index contributed by atoms with van der Waals surface area (Å²) in [5, 5.41) is 25.6. The predicted molar refractivity (Wildman–Crippen MR) is 84.4 cm³/mol. The lowest BCUT2D eigenvalue weighted by atomic mass is 10.1. The van der Waals surface area contributed by atoms with Gasteiger partial charge in [0, 0.05) is 18.2 Å². The van der Waals surface area contributed by atoms with Gasteiger partial charge in [0.1, 0.15) is 11.5 Å². The zero-order valence-corrected chi connectivity index (χ0v) is 12.9. The Labute approximate surface area is 145 Å². The van der Waals surface area contributed by atoms with E-state index in [1.165, 1.54) is 18.2 Å². The number of hydrogen-bond acceptors (Lipinski definition) is 8. The van der Waals surface area contributed by atoms with Gasteiger partial charge in [-0.05, 0) is 18.2 Å². The average molecular weight is 358 g/mol. The standard InChI is InChI=1S/C16H10N2O8/c19-7-25-13-4-12(5-14(6-13)26-8-20)18-17-11-2-9(15(21)22)1-10(3-11)16(23)24/h1-8H,(H,21,22)(H,23,24). The van der Waals surface area contributed by atoms with Crippen LogP contribution in [-0.4, -0.2) is 35.1 Å². The van der Waals surface area contributed by atoms with E-state index in [2.05, 4.69) is 19.7 Å². The number of benzene rings is 2. The summed E-state index contributed by atoms with van der Waals surface area (Å²) in [4.78, 5) is 43.0. The molecule has 0 aliphatic heterocycles. The first-order valence-corrected chi connectivity index (χ1v) is 6.82. The lowest BCUT2D eigenvalue weighted by Crippen LogP contribution is -2.01. The van der Waals surface area contributed by atoms with Crippen molar-refractivity contribution >= 4 is 36.3 Å². The van der Waals surface area contributed by atoms with Gasteiger partial charge in [-0.15, -0.1) is 0 Å². The fourth-order valence-electron chi connectivity index (χ4n) is 1.89. The SMILES string of the molecule is O=COc1cc(N=Nc2cc(C(=O)O)cc(C(=O)O)c2)cc(OC=O)c1. The lowest BCUT2D eigenvalue weighted by Gasteiger charge is -2.03. The highest BCUT2D eigenvalue weighted by atomic mass is 16.5. The number of carbonyl (C=O) groups excluding carboxylic acids is 2. The molecule has 0 saturated carbocycles. The highest BCUT2D eigenvalue weighted by Crippen LogP contribution is 2.29. The van der Waals surface area contributed by atoms with Crippen LogP contribution in [0.2, 0.25) is 0 Å². The minimum Gasteiger partial charge on any atom is -0.478 e. The van der Waals surface area contributed by atoms with Crippen LogP contribution < -0.4 is 9.47 Å². The molecule has 0 aliphatic carbocycles. The first-order valence-electron chi connectivity index (χ1n) is 6.82. The van der Waals surface area contributed by atoms with Crippen molar-refractivity contribution in [3.63, 3.8) is 0 Å². The molecule has 2 aromatic carbocycles. The number of ether oxygens (including phenoxy) is 2. The number of carboxylic acids is 2. The Balaban J connectivity index is 2.42. The smallest absolute Gasteiger partial charge is 0.335 e. The number of carbonyl (C=O) groups is 4. The quantitative estimate of drug-likeness (QED) is 0.539. The molecule has 0 radical (unpaired) electrons. The van der Waals surface area contributed by atoms with Gasteiger partial charge in [-0.3, -0.25) is 9.59 Å². The van der Waals surface area contributed by atoms with Gasteiger partial charge in [-0.2, -0.15) is 10.2 Å². The molecule has 0 fully saturated rings. The van der Waals surface area contributed by atoms with Gasteiger partial charge in [0.15, 0.2) is 0 Å². The number of aromatic carboxylic acids is 2. The van der Waals surface area contributed by atoms with Crippen molar-refractivity contribution in [3.8, 4) is 11.5 Å². The monoisotopic (exact) mass is 358 g/mol. The summed E-state index contributed by atoms with van der Waals surface area (Å²) in [6.45, 7) is 0.326. The van der Waals surface area contributed by atoms with Crippen molar-refractivity contribution < 1.29 is 38.9 Å². The summed E-state index contributed by atoms with van der Waals surface area (Å²) in [7, 11) is 0. The third kappa shape index (κ3) is 4.71. The van der Waals surface area contributed by atoms with Gasteiger partial charge in [0.25, 0.3) is 12.9 Å². The molecule has 0 amide bonds. The van der Waals surface area contributed by atoms with E-state index >= 15 is 0 Å². The average Bonchev–Trinajstić information content (AvgIpc) is 2.60. The van der Waals surface area contributed by atoms with Crippen molar-refractivity contribution in [1.29, 1.82) is 0 Å². The highest BCUT2D eigenvalue weighted by molar-refractivity contribution is 5.95. The van der Waals surface area contributed by atoms with E-state index in [-0.39, 0.29) is 46.9 Å².